The van der Waals surface area contributed by atoms with Crippen LogP contribution >= 0.6 is 0 Å². The van der Waals surface area contributed by atoms with Gasteiger partial charge in [0.25, 0.3) is 0 Å². The van der Waals surface area contributed by atoms with Crippen molar-refractivity contribution < 1.29 is 9.53 Å². The van der Waals surface area contributed by atoms with Gasteiger partial charge in [-0.25, -0.2) is 4.79 Å². The molecule has 88 valence electrons. The van der Waals surface area contributed by atoms with Gasteiger partial charge in [-0.05, 0) is 20.8 Å². The van der Waals surface area contributed by atoms with Crippen molar-refractivity contribution in [2.45, 2.75) is 32.4 Å². The zero-order chi connectivity index (χ0) is 11.5. The van der Waals surface area contributed by atoms with E-state index in [1.807, 2.05) is 20.8 Å². The number of morpholine rings is 1. The molecule has 5 nitrogen and oxygen atoms in total. The highest BCUT2D eigenvalue weighted by atomic mass is 16.5. The molecular weight excluding hydrogens is 194 g/mol. The second-order valence-electron chi connectivity index (χ2n) is 4.53. The molecule has 0 saturated carbocycles. The summed E-state index contributed by atoms with van der Waals surface area (Å²) in [6.07, 6.45) is 0. The Morgan fingerprint density at radius 3 is 2.87 bits per heavy atom. The maximum atomic E-state index is 11.7. The third-order valence-electron chi connectivity index (χ3n) is 2.47. The molecule has 0 aromatic heterocycles. The van der Waals surface area contributed by atoms with Crippen molar-refractivity contribution in [3.63, 3.8) is 0 Å². The summed E-state index contributed by atoms with van der Waals surface area (Å²) in [7, 11) is 0. The Morgan fingerprint density at radius 2 is 2.33 bits per heavy atom. The lowest BCUT2D eigenvalue weighted by Crippen LogP contribution is -2.58. The molecule has 2 amide bonds. The second kappa shape index (κ2) is 4.81. The number of nitrogens with two attached hydrogens (primary N) is 1. The molecule has 15 heavy (non-hydrogen) atoms. The number of carbonyl (C=O) groups excluding carboxylic acids is 1. The first kappa shape index (κ1) is 12.3. The fraction of sp³-hybridized carbons (Fsp3) is 0.900. The molecule has 0 aromatic carbocycles. The van der Waals surface area contributed by atoms with Crippen LogP contribution in [0.2, 0.25) is 0 Å². The van der Waals surface area contributed by atoms with Gasteiger partial charge in [0.1, 0.15) is 0 Å². The van der Waals surface area contributed by atoms with Crippen molar-refractivity contribution in [2.24, 2.45) is 5.73 Å². The normalized spacial score (nSPS) is 26.9. The van der Waals surface area contributed by atoms with E-state index in [1.54, 1.807) is 4.90 Å². The summed E-state index contributed by atoms with van der Waals surface area (Å²) >= 11 is 0. The largest absolute Gasteiger partial charge is 0.370 e. The summed E-state index contributed by atoms with van der Waals surface area (Å²) in [4.78, 5) is 13.5. The van der Waals surface area contributed by atoms with E-state index in [0.717, 1.165) is 0 Å². The van der Waals surface area contributed by atoms with Gasteiger partial charge in [0.15, 0.2) is 0 Å². The first-order valence-electron chi connectivity index (χ1n) is 5.36. The van der Waals surface area contributed by atoms with Crippen LogP contribution in [0, 0.1) is 0 Å². The predicted molar refractivity (Wildman–Crippen MR) is 58.7 cm³/mol. The van der Waals surface area contributed by atoms with E-state index in [2.05, 4.69) is 5.32 Å². The van der Waals surface area contributed by atoms with Crippen LogP contribution < -0.4 is 11.1 Å². The zero-order valence-corrected chi connectivity index (χ0v) is 9.75. The third kappa shape index (κ3) is 3.35. The van der Waals surface area contributed by atoms with E-state index in [0.29, 0.717) is 26.2 Å². The predicted octanol–water partition coefficient (Wildman–Crippen LogP) is 0.154. The van der Waals surface area contributed by atoms with E-state index in [4.69, 9.17) is 10.5 Å². The topological polar surface area (TPSA) is 67.6 Å². The smallest absolute Gasteiger partial charge is 0.317 e. The van der Waals surface area contributed by atoms with Gasteiger partial charge < -0.3 is 20.7 Å². The third-order valence-corrected chi connectivity index (χ3v) is 2.47. The highest BCUT2D eigenvalue weighted by molar-refractivity contribution is 5.74. The zero-order valence-electron chi connectivity index (χ0n) is 9.75. The molecule has 0 radical (unpaired) electrons. The van der Waals surface area contributed by atoms with Crippen molar-refractivity contribution in [1.82, 2.24) is 10.2 Å². The molecule has 1 aliphatic heterocycles. The lowest BCUT2D eigenvalue weighted by atomic mass is 10.1. The standard InChI is InChI=1S/C10H21N3O2/c1-8(2)12-9(14)13-4-5-15-10(3,6-11)7-13/h8H,4-7,11H2,1-3H3,(H,12,14). The van der Waals surface area contributed by atoms with Crippen LogP contribution in [0.4, 0.5) is 4.79 Å². The lowest BCUT2D eigenvalue weighted by Gasteiger charge is -2.39. The van der Waals surface area contributed by atoms with Gasteiger partial charge in [0, 0.05) is 19.1 Å². The minimum absolute atomic E-state index is 0.0343. The molecule has 1 saturated heterocycles. The summed E-state index contributed by atoms with van der Waals surface area (Å²) in [5.41, 5.74) is 5.22. The number of rotatable bonds is 2. The van der Waals surface area contributed by atoms with Crippen molar-refractivity contribution in [2.75, 3.05) is 26.2 Å². The van der Waals surface area contributed by atoms with Gasteiger partial charge in [0.2, 0.25) is 0 Å². The number of carbonyl (C=O) groups is 1. The summed E-state index contributed by atoms with van der Waals surface area (Å²) < 4.78 is 5.55. The Labute approximate surface area is 90.9 Å². The van der Waals surface area contributed by atoms with E-state index in [-0.39, 0.29) is 12.1 Å². The number of hydrogen-bond acceptors (Lipinski definition) is 3. The molecule has 1 atom stereocenters. The summed E-state index contributed by atoms with van der Waals surface area (Å²) in [5, 5.41) is 2.86. The number of hydrogen-bond donors (Lipinski definition) is 2. The lowest BCUT2D eigenvalue weighted by molar-refractivity contribution is -0.0792. The molecule has 3 N–H and O–H groups in total. The maximum Gasteiger partial charge on any atom is 0.317 e. The van der Waals surface area contributed by atoms with Gasteiger partial charge in [-0.3, -0.25) is 0 Å². The van der Waals surface area contributed by atoms with Gasteiger partial charge in [-0.15, -0.1) is 0 Å². The van der Waals surface area contributed by atoms with E-state index in [9.17, 15) is 4.79 Å². The molecule has 1 heterocycles. The second-order valence-corrected chi connectivity index (χ2v) is 4.53. The van der Waals surface area contributed by atoms with Crippen LogP contribution in [0.15, 0.2) is 0 Å². The minimum Gasteiger partial charge on any atom is -0.370 e. The highest BCUT2D eigenvalue weighted by Crippen LogP contribution is 2.15. The van der Waals surface area contributed by atoms with Gasteiger partial charge >= 0.3 is 6.03 Å². The van der Waals surface area contributed by atoms with Crippen LogP contribution in [-0.2, 0) is 4.74 Å². The first-order chi connectivity index (χ1) is 6.97. The van der Waals surface area contributed by atoms with Crippen molar-refractivity contribution >= 4 is 6.03 Å². The maximum absolute atomic E-state index is 11.7. The molecular formula is C10H21N3O2. The Bertz CT molecular complexity index is 233. The number of amides is 2. The molecule has 0 aromatic rings. The van der Waals surface area contributed by atoms with Crippen molar-refractivity contribution in [1.29, 1.82) is 0 Å². The molecule has 1 rings (SSSR count). The highest BCUT2D eigenvalue weighted by Gasteiger charge is 2.32. The van der Waals surface area contributed by atoms with Gasteiger partial charge in [-0.2, -0.15) is 0 Å². The van der Waals surface area contributed by atoms with Crippen molar-refractivity contribution in [3.8, 4) is 0 Å². The number of urea groups is 1. The summed E-state index contributed by atoms with van der Waals surface area (Å²) in [5.74, 6) is 0. The van der Waals surface area contributed by atoms with Crippen LogP contribution in [-0.4, -0.2) is 48.8 Å². The van der Waals surface area contributed by atoms with Crippen LogP contribution in [0.25, 0.3) is 0 Å². The molecule has 0 aliphatic carbocycles. The summed E-state index contributed by atoms with van der Waals surface area (Å²) in [6, 6.07) is 0.123. The quantitative estimate of drug-likeness (QED) is 0.689. The fourth-order valence-corrected chi connectivity index (χ4v) is 1.57. The van der Waals surface area contributed by atoms with Gasteiger partial charge in [0.05, 0.1) is 18.8 Å². The molecule has 1 unspecified atom stereocenters. The Hall–Kier alpha value is -0.810. The van der Waals surface area contributed by atoms with E-state index in [1.165, 1.54) is 0 Å². The monoisotopic (exact) mass is 215 g/mol. The average molecular weight is 215 g/mol. The fourth-order valence-electron chi connectivity index (χ4n) is 1.57. The molecule has 5 heteroatoms. The van der Waals surface area contributed by atoms with Crippen molar-refractivity contribution in [3.05, 3.63) is 0 Å². The Balaban J connectivity index is 2.52. The minimum atomic E-state index is -0.396. The Kier molecular flexibility index (Phi) is 3.93. The van der Waals surface area contributed by atoms with Crippen LogP contribution in [0.3, 0.4) is 0 Å². The number of nitrogens with zero attached hydrogens (tertiary/aromatic N) is 1. The molecule has 1 fully saturated rings. The number of nitrogens with one attached hydrogen (secondary N) is 1. The SMILES string of the molecule is CC(C)NC(=O)N1CCOC(C)(CN)C1. The van der Waals surface area contributed by atoms with Crippen LogP contribution in [0.1, 0.15) is 20.8 Å². The molecule has 0 spiro atoms. The molecule has 1 aliphatic rings. The Morgan fingerprint density at radius 1 is 1.67 bits per heavy atom. The van der Waals surface area contributed by atoms with E-state index < -0.39 is 5.60 Å². The molecule has 0 bridgehead atoms. The van der Waals surface area contributed by atoms with Gasteiger partial charge in [-0.1, -0.05) is 0 Å². The van der Waals surface area contributed by atoms with E-state index >= 15 is 0 Å². The first-order valence-corrected chi connectivity index (χ1v) is 5.36. The van der Waals surface area contributed by atoms with Crippen LogP contribution in [0.5, 0.6) is 0 Å². The average Bonchev–Trinajstić information content (AvgIpc) is 2.17. The summed E-state index contributed by atoms with van der Waals surface area (Å²) in [6.45, 7) is 8.00. The number of ether oxygens (including phenoxy) is 1.